The maximum atomic E-state index is 12.4. The van der Waals surface area contributed by atoms with Crippen LogP contribution in [-0.2, 0) is 0 Å². The fraction of sp³-hybridized carbons (Fsp3) is 0.167. The number of hydrogen-bond acceptors (Lipinski definition) is 2. The van der Waals surface area contributed by atoms with Crippen molar-refractivity contribution in [2.45, 2.75) is 13.0 Å². The predicted molar refractivity (Wildman–Crippen MR) is 94.9 cm³/mol. The van der Waals surface area contributed by atoms with Crippen LogP contribution in [0.5, 0.6) is 5.75 Å². The number of carbonyl (C=O) groups excluding carboxylic acids is 1. The monoisotopic (exact) mass is 372 g/mol. The number of hydrogen-bond donors (Lipinski definition) is 2. The van der Waals surface area contributed by atoms with Crippen molar-refractivity contribution in [2.75, 3.05) is 7.11 Å². The number of benzene rings is 2. The Morgan fingerprint density at radius 1 is 1.22 bits per heavy atom. The summed E-state index contributed by atoms with van der Waals surface area (Å²) in [5, 5.41) is 4.03. The zero-order valence-electron chi connectivity index (χ0n) is 12.9. The molecule has 4 nitrogen and oxygen atoms in total. The standard InChI is InChI=1S/C18H17BrN2O2/c1-11(12-7-8-17(23-2)14(19)9-12)20-18(22)16-10-13-5-3-4-6-15(13)21-16/h3-11,21H,1-2H3,(H,20,22)/t11-/m1/s1. The maximum Gasteiger partial charge on any atom is 0.268 e. The highest BCUT2D eigenvalue weighted by Crippen LogP contribution is 2.28. The van der Waals surface area contributed by atoms with Gasteiger partial charge in [-0.05, 0) is 52.7 Å². The highest BCUT2D eigenvalue weighted by molar-refractivity contribution is 9.10. The first kappa shape index (κ1) is 15.6. The minimum Gasteiger partial charge on any atom is -0.496 e. The predicted octanol–water partition coefficient (Wildman–Crippen LogP) is 4.43. The van der Waals surface area contributed by atoms with E-state index in [1.807, 2.05) is 55.5 Å². The van der Waals surface area contributed by atoms with Crippen LogP contribution in [0, 0.1) is 0 Å². The number of para-hydroxylation sites is 1. The van der Waals surface area contributed by atoms with Gasteiger partial charge in [-0.3, -0.25) is 4.79 Å². The summed E-state index contributed by atoms with van der Waals surface area (Å²) in [6.45, 7) is 1.95. The molecule has 0 aliphatic heterocycles. The van der Waals surface area contributed by atoms with Gasteiger partial charge in [0, 0.05) is 10.9 Å². The summed E-state index contributed by atoms with van der Waals surface area (Å²) < 4.78 is 6.09. The first-order valence-electron chi connectivity index (χ1n) is 7.30. The normalized spacial score (nSPS) is 12.1. The highest BCUT2D eigenvalue weighted by atomic mass is 79.9. The van der Waals surface area contributed by atoms with Crippen molar-refractivity contribution in [2.24, 2.45) is 0 Å². The third-order valence-corrected chi connectivity index (χ3v) is 4.42. The number of amides is 1. The first-order valence-corrected chi connectivity index (χ1v) is 8.10. The lowest BCUT2D eigenvalue weighted by Gasteiger charge is -2.15. The molecule has 2 aromatic carbocycles. The lowest BCUT2D eigenvalue weighted by molar-refractivity contribution is 0.0935. The minimum absolute atomic E-state index is 0.115. The van der Waals surface area contributed by atoms with Gasteiger partial charge in [-0.2, -0.15) is 0 Å². The lowest BCUT2D eigenvalue weighted by Crippen LogP contribution is -2.26. The van der Waals surface area contributed by atoms with Crippen LogP contribution in [0.15, 0.2) is 53.0 Å². The van der Waals surface area contributed by atoms with Gasteiger partial charge in [-0.1, -0.05) is 24.3 Å². The number of aromatic amines is 1. The molecule has 0 fully saturated rings. The summed E-state index contributed by atoms with van der Waals surface area (Å²) in [7, 11) is 1.63. The summed E-state index contributed by atoms with van der Waals surface area (Å²) in [6.07, 6.45) is 0. The smallest absolute Gasteiger partial charge is 0.268 e. The van der Waals surface area contributed by atoms with E-state index in [1.165, 1.54) is 0 Å². The van der Waals surface area contributed by atoms with Gasteiger partial charge in [0.25, 0.3) is 5.91 Å². The Hall–Kier alpha value is -2.27. The quantitative estimate of drug-likeness (QED) is 0.711. The first-order chi connectivity index (χ1) is 11.1. The van der Waals surface area contributed by atoms with E-state index in [0.29, 0.717) is 5.69 Å². The number of carbonyl (C=O) groups is 1. The van der Waals surface area contributed by atoms with Crippen molar-refractivity contribution in [1.29, 1.82) is 0 Å². The molecule has 3 aromatic rings. The van der Waals surface area contributed by atoms with Crippen molar-refractivity contribution >= 4 is 32.7 Å². The van der Waals surface area contributed by atoms with Crippen LogP contribution in [0.25, 0.3) is 10.9 Å². The molecular formula is C18H17BrN2O2. The number of methoxy groups -OCH3 is 1. The molecule has 1 atom stereocenters. The van der Waals surface area contributed by atoms with E-state index in [2.05, 4.69) is 26.2 Å². The van der Waals surface area contributed by atoms with Crippen LogP contribution in [0.1, 0.15) is 29.0 Å². The molecule has 1 heterocycles. The van der Waals surface area contributed by atoms with Gasteiger partial charge >= 0.3 is 0 Å². The zero-order chi connectivity index (χ0) is 16.4. The van der Waals surface area contributed by atoms with Crippen molar-refractivity contribution in [3.63, 3.8) is 0 Å². The average Bonchev–Trinajstić information content (AvgIpc) is 2.99. The Bertz CT molecular complexity index is 824. The maximum absolute atomic E-state index is 12.4. The molecule has 118 valence electrons. The van der Waals surface area contributed by atoms with E-state index >= 15 is 0 Å². The second-order valence-electron chi connectivity index (χ2n) is 5.36. The van der Waals surface area contributed by atoms with Gasteiger partial charge in [-0.15, -0.1) is 0 Å². The van der Waals surface area contributed by atoms with E-state index in [-0.39, 0.29) is 11.9 Å². The van der Waals surface area contributed by atoms with Crippen LogP contribution in [-0.4, -0.2) is 18.0 Å². The van der Waals surface area contributed by atoms with Gasteiger partial charge < -0.3 is 15.0 Å². The summed E-state index contributed by atoms with van der Waals surface area (Å²) in [6, 6.07) is 15.4. The van der Waals surface area contributed by atoms with Crippen molar-refractivity contribution < 1.29 is 9.53 Å². The van der Waals surface area contributed by atoms with Crippen LogP contribution in [0.4, 0.5) is 0 Å². The van der Waals surface area contributed by atoms with Crippen molar-refractivity contribution in [1.82, 2.24) is 10.3 Å². The molecule has 0 aliphatic rings. The van der Waals surface area contributed by atoms with E-state index in [0.717, 1.165) is 26.7 Å². The molecule has 3 rings (SSSR count). The fourth-order valence-corrected chi connectivity index (χ4v) is 3.06. The number of nitrogens with one attached hydrogen (secondary N) is 2. The number of halogens is 1. The zero-order valence-corrected chi connectivity index (χ0v) is 14.5. The van der Waals surface area contributed by atoms with Gasteiger partial charge in [0.1, 0.15) is 11.4 Å². The summed E-state index contributed by atoms with van der Waals surface area (Å²) in [5.41, 5.74) is 2.52. The fourth-order valence-electron chi connectivity index (χ4n) is 2.51. The van der Waals surface area contributed by atoms with Crippen LogP contribution in [0.2, 0.25) is 0 Å². The summed E-state index contributed by atoms with van der Waals surface area (Å²) >= 11 is 3.47. The lowest BCUT2D eigenvalue weighted by atomic mass is 10.1. The van der Waals surface area contributed by atoms with Gasteiger partial charge in [-0.25, -0.2) is 0 Å². The van der Waals surface area contributed by atoms with Crippen molar-refractivity contribution in [3.05, 3.63) is 64.3 Å². The molecule has 1 aromatic heterocycles. The molecule has 0 unspecified atom stereocenters. The molecule has 5 heteroatoms. The minimum atomic E-state index is -0.124. The number of ether oxygens (including phenoxy) is 1. The SMILES string of the molecule is COc1ccc([C@@H](C)NC(=O)c2cc3ccccc3[nH]2)cc1Br. The number of rotatable bonds is 4. The molecule has 0 radical (unpaired) electrons. The molecule has 0 saturated carbocycles. The number of fused-ring (bicyclic) bond motifs is 1. The van der Waals surface area contributed by atoms with E-state index < -0.39 is 0 Å². The average molecular weight is 373 g/mol. The number of aromatic nitrogens is 1. The largest absolute Gasteiger partial charge is 0.496 e. The number of H-pyrrole nitrogens is 1. The van der Waals surface area contributed by atoms with Crippen LogP contribution in [0.3, 0.4) is 0 Å². The molecule has 23 heavy (non-hydrogen) atoms. The summed E-state index contributed by atoms with van der Waals surface area (Å²) in [4.78, 5) is 15.6. The molecular weight excluding hydrogens is 356 g/mol. The molecule has 1 amide bonds. The second-order valence-corrected chi connectivity index (χ2v) is 6.21. The molecule has 0 aliphatic carbocycles. The van der Waals surface area contributed by atoms with Gasteiger partial charge in [0.2, 0.25) is 0 Å². The van der Waals surface area contributed by atoms with Crippen LogP contribution < -0.4 is 10.1 Å². The van der Waals surface area contributed by atoms with E-state index in [4.69, 9.17) is 4.74 Å². The Morgan fingerprint density at radius 3 is 2.70 bits per heavy atom. The topological polar surface area (TPSA) is 54.1 Å². The molecule has 0 saturated heterocycles. The van der Waals surface area contributed by atoms with Crippen molar-refractivity contribution in [3.8, 4) is 5.75 Å². The van der Waals surface area contributed by atoms with Gasteiger partial charge in [0.15, 0.2) is 0 Å². The second kappa shape index (κ2) is 6.46. The van der Waals surface area contributed by atoms with Crippen LogP contribution >= 0.6 is 15.9 Å². The van der Waals surface area contributed by atoms with E-state index in [9.17, 15) is 4.79 Å². The molecule has 0 bridgehead atoms. The Labute approximate surface area is 143 Å². The molecule has 2 N–H and O–H groups in total. The van der Waals surface area contributed by atoms with E-state index in [1.54, 1.807) is 7.11 Å². The third kappa shape index (κ3) is 3.24. The Morgan fingerprint density at radius 2 is 2.00 bits per heavy atom. The third-order valence-electron chi connectivity index (χ3n) is 3.80. The highest BCUT2D eigenvalue weighted by Gasteiger charge is 2.14. The van der Waals surface area contributed by atoms with Gasteiger partial charge in [0.05, 0.1) is 17.6 Å². The molecule has 0 spiro atoms. The Kier molecular flexibility index (Phi) is 4.39. The summed E-state index contributed by atoms with van der Waals surface area (Å²) in [5.74, 6) is 0.642. The Balaban J connectivity index is 1.77.